The molecule has 7 heteroatoms. The van der Waals surface area contributed by atoms with Gasteiger partial charge in [0.15, 0.2) is 0 Å². The zero-order chi connectivity index (χ0) is 16.3. The molecule has 0 N–H and O–H groups in total. The second-order valence-corrected chi connectivity index (χ2v) is 7.59. The highest BCUT2D eigenvalue weighted by molar-refractivity contribution is 7.89. The Balaban J connectivity index is 1.62. The Labute approximate surface area is 136 Å². The van der Waals surface area contributed by atoms with Gasteiger partial charge < -0.3 is 4.74 Å². The van der Waals surface area contributed by atoms with Crippen molar-refractivity contribution in [2.24, 2.45) is 0 Å². The van der Waals surface area contributed by atoms with Gasteiger partial charge in [0.25, 0.3) is 0 Å². The highest BCUT2D eigenvalue weighted by Crippen LogP contribution is 2.26. The van der Waals surface area contributed by atoms with E-state index in [0.717, 1.165) is 12.8 Å². The van der Waals surface area contributed by atoms with Crippen LogP contribution in [0.2, 0.25) is 0 Å². The number of hydrogen-bond donors (Lipinski definition) is 0. The van der Waals surface area contributed by atoms with E-state index in [4.69, 9.17) is 4.74 Å². The van der Waals surface area contributed by atoms with Crippen LogP contribution in [0.15, 0.2) is 47.6 Å². The lowest BCUT2D eigenvalue weighted by Gasteiger charge is -2.21. The van der Waals surface area contributed by atoms with E-state index in [9.17, 15) is 8.42 Å². The molecule has 23 heavy (non-hydrogen) atoms. The van der Waals surface area contributed by atoms with E-state index in [1.165, 1.54) is 0 Å². The van der Waals surface area contributed by atoms with Gasteiger partial charge in [0.2, 0.25) is 10.0 Å². The SMILES string of the molecule is C[C@@H]1CCCN1S(=O)(=O)c1ccc(OCCn2cccn2)cc1. The monoisotopic (exact) mass is 335 g/mol. The fourth-order valence-corrected chi connectivity index (χ4v) is 4.50. The van der Waals surface area contributed by atoms with Gasteiger partial charge in [-0.15, -0.1) is 0 Å². The Kier molecular flexibility index (Phi) is 4.68. The summed E-state index contributed by atoms with van der Waals surface area (Å²) in [6.07, 6.45) is 5.44. The quantitative estimate of drug-likeness (QED) is 0.811. The fourth-order valence-electron chi connectivity index (χ4n) is 2.80. The van der Waals surface area contributed by atoms with E-state index in [1.807, 2.05) is 19.2 Å². The molecule has 6 nitrogen and oxygen atoms in total. The Morgan fingerprint density at radius 3 is 2.70 bits per heavy atom. The number of benzene rings is 1. The van der Waals surface area contributed by atoms with E-state index in [2.05, 4.69) is 5.10 Å². The maximum atomic E-state index is 12.6. The fraction of sp³-hybridized carbons (Fsp3) is 0.438. The summed E-state index contributed by atoms with van der Waals surface area (Å²) in [6.45, 7) is 3.69. The normalized spacial score (nSPS) is 19.1. The smallest absolute Gasteiger partial charge is 0.243 e. The minimum absolute atomic E-state index is 0.0741. The zero-order valence-electron chi connectivity index (χ0n) is 13.1. The van der Waals surface area contributed by atoms with Crippen LogP contribution >= 0.6 is 0 Å². The number of rotatable bonds is 6. The molecule has 124 valence electrons. The van der Waals surface area contributed by atoms with Gasteiger partial charge >= 0.3 is 0 Å². The van der Waals surface area contributed by atoms with Crippen molar-refractivity contribution in [3.63, 3.8) is 0 Å². The summed E-state index contributed by atoms with van der Waals surface area (Å²) in [6, 6.07) is 8.57. The van der Waals surface area contributed by atoms with Crippen LogP contribution in [0, 0.1) is 0 Å². The zero-order valence-corrected chi connectivity index (χ0v) is 13.9. The lowest BCUT2D eigenvalue weighted by atomic mass is 10.3. The standard InChI is InChI=1S/C16H21N3O3S/c1-14-4-2-11-19(14)23(20,21)16-7-5-15(6-8-16)22-13-12-18-10-3-9-17-18/h3,5-10,14H,2,4,11-13H2,1H3/t14-/m1/s1. The Morgan fingerprint density at radius 2 is 2.09 bits per heavy atom. The van der Waals surface area contributed by atoms with Crippen LogP contribution in [0.4, 0.5) is 0 Å². The third-order valence-electron chi connectivity index (χ3n) is 4.07. The molecule has 1 aliphatic heterocycles. The van der Waals surface area contributed by atoms with E-state index in [1.54, 1.807) is 39.4 Å². The molecule has 0 aliphatic carbocycles. The molecule has 0 radical (unpaired) electrons. The van der Waals surface area contributed by atoms with Gasteiger partial charge in [-0.05, 0) is 50.1 Å². The van der Waals surface area contributed by atoms with Gasteiger partial charge in [-0.1, -0.05) is 0 Å². The van der Waals surface area contributed by atoms with E-state index >= 15 is 0 Å². The topological polar surface area (TPSA) is 64.4 Å². The first-order valence-electron chi connectivity index (χ1n) is 7.79. The molecule has 1 saturated heterocycles. The first-order valence-corrected chi connectivity index (χ1v) is 9.23. The molecule has 3 rings (SSSR count). The molecule has 2 aromatic rings. The predicted octanol–water partition coefficient (Wildman–Crippen LogP) is 2.14. The van der Waals surface area contributed by atoms with Gasteiger partial charge in [-0.3, -0.25) is 4.68 Å². The second-order valence-electron chi connectivity index (χ2n) is 5.70. The maximum Gasteiger partial charge on any atom is 0.243 e. The van der Waals surface area contributed by atoms with E-state index in [0.29, 0.717) is 30.3 Å². The molecule has 0 bridgehead atoms. The number of ether oxygens (including phenoxy) is 1. The molecule has 1 fully saturated rings. The third kappa shape index (κ3) is 3.56. The first kappa shape index (κ1) is 16.0. The van der Waals surface area contributed by atoms with E-state index < -0.39 is 10.0 Å². The van der Waals surface area contributed by atoms with Crippen molar-refractivity contribution in [3.05, 3.63) is 42.7 Å². The Morgan fingerprint density at radius 1 is 1.30 bits per heavy atom. The van der Waals surface area contributed by atoms with Gasteiger partial charge in [0.05, 0.1) is 11.4 Å². The van der Waals surface area contributed by atoms with Crippen molar-refractivity contribution in [1.29, 1.82) is 0 Å². The summed E-state index contributed by atoms with van der Waals surface area (Å²) < 4.78 is 34.2. The molecule has 0 spiro atoms. The lowest BCUT2D eigenvalue weighted by molar-refractivity contribution is 0.291. The summed E-state index contributed by atoms with van der Waals surface area (Å²) in [5.41, 5.74) is 0. The minimum Gasteiger partial charge on any atom is -0.492 e. The molecule has 1 atom stereocenters. The number of aromatic nitrogens is 2. The number of nitrogens with zero attached hydrogens (tertiary/aromatic N) is 3. The largest absolute Gasteiger partial charge is 0.492 e. The van der Waals surface area contributed by atoms with Gasteiger partial charge in [0, 0.05) is 25.0 Å². The Hall–Kier alpha value is -1.86. The molecular formula is C16H21N3O3S. The molecule has 0 saturated carbocycles. The molecule has 0 unspecified atom stereocenters. The van der Waals surface area contributed by atoms with Crippen LogP contribution in [0.1, 0.15) is 19.8 Å². The number of sulfonamides is 1. The summed E-state index contributed by atoms with van der Waals surface area (Å²) in [5.74, 6) is 0.658. The number of hydrogen-bond acceptors (Lipinski definition) is 4. The first-order chi connectivity index (χ1) is 11.1. The van der Waals surface area contributed by atoms with Crippen LogP contribution in [0.5, 0.6) is 5.75 Å². The molecule has 2 heterocycles. The molecule has 1 aliphatic rings. The average Bonchev–Trinajstić information content (AvgIpc) is 3.19. The van der Waals surface area contributed by atoms with Gasteiger partial charge in [-0.2, -0.15) is 9.40 Å². The van der Waals surface area contributed by atoms with Crippen LogP contribution < -0.4 is 4.74 Å². The molecule has 1 aromatic heterocycles. The van der Waals surface area contributed by atoms with Crippen molar-refractivity contribution in [3.8, 4) is 5.75 Å². The second kappa shape index (κ2) is 6.72. The van der Waals surface area contributed by atoms with Crippen LogP contribution in [-0.4, -0.2) is 41.7 Å². The van der Waals surface area contributed by atoms with Crippen molar-refractivity contribution in [1.82, 2.24) is 14.1 Å². The Bertz CT molecular complexity index is 726. The van der Waals surface area contributed by atoms with Crippen molar-refractivity contribution < 1.29 is 13.2 Å². The summed E-state index contributed by atoms with van der Waals surface area (Å²) in [4.78, 5) is 0.325. The summed E-state index contributed by atoms with van der Waals surface area (Å²) >= 11 is 0. The van der Waals surface area contributed by atoms with Crippen molar-refractivity contribution in [2.75, 3.05) is 13.2 Å². The lowest BCUT2D eigenvalue weighted by Crippen LogP contribution is -2.33. The molecule has 1 aromatic carbocycles. The summed E-state index contributed by atoms with van der Waals surface area (Å²) in [5, 5.41) is 4.10. The summed E-state index contributed by atoms with van der Waals surface area (Å²) in [7, 11) is -3.40. The van der Waals surface area contributed by atoms with E-state index in [-0.39, 0.29) is 6.04 Å². The van der Waals surface area contributed by atoms with Crippen LogP contribution in [0.25, 0.3) is 0 Å². The minimum atomic E-state index is -3.40. The van der Waals surface area contributed by atoms with Crippen LogP contribution in [0.3, 0.4) is 0 Å². The highest BCUT2D eigenvalue weighted by atomic mass is 32.2. The van der Waals surface area contributed by atoms with Crippen LogP contribution in [-0.2, 0) is 16.6 Å². The third-order valence-corrected chi connectivity index (χ3v) is 6.10. The highest BCUT2D eigenvalue weighted by Gasteiger charge is 2.32. The van der Waals surface area contributed by atoms with Gasteiger partial charge in [0.1, 0.15) is 12.4 Å². The molecule has 0 amide bonds. The van der Waals surface area contributed by atoms with Crippen molar-refractivity contribution >= 4 is 10.0 Å². The van der Waals surface area contributed by atoms with Gasteiger partial charge in [-0.25, -0.2) is 8.42 Å². The molecular weight excluding hydrogens is 314 g/mol. The van der Waals surface area contributed by atoms with Crippen molar-refractivity contribution in [2.45, 2.75) is 37.2 Å². The predicted molar refractivity (Wildman–Crippen MR) is 86.8 cm³/mol. The average molecular weight is 335 g/mol. The maximum absolute atomic E-state index is 12.6.